The fourth-order valence-corrected chi connectivity index (χ4v) is 0.462. The molecule has 0 fully saturated rings. The summed E-state index contributed by atoms with van der Waals surface area (Å²) in [5, 5.41) is 8.32. The quantitative estimate of drug-likeness (QED) is 0.385. The number of aliphatic carboxylic acids is 1. The summed E-state index contributed by atoms with van der Waals surface area (Å²) in [6.45, 7) is 6.30. The average molecular weight is 160 g/mol. The molecule has 0 aliphatic carbocycles. The molecule has 0 aromatic rings. The predicted molar refractivity (Wildman–Crippen MR) is 40.3 cm³/mol. The smallest absolute Gasteiger partial charge is 0.338 e. The third-order valence-electron chi connectivity index (χ3n) is 0.743. The van der Waals surface area contributed by atoms with E-state index >= 15 is 0 Å². The van der Waals surface area contributed by atoms with E-state index in [9.17, 15) is 4.79 Å². The summed E-state index contributed by atoms with van der Waals surface area (Å²) >= 11 is 5.29. The summed E-state index contributed by atoms with van der Waals surface area (Å²) in [5.41, 5.74) is -0.142. The SMILES string of the molecule is C=N/C=C(\C(=C)Cl)C(=O)O. The van der Waals surface area contributed by atoms with E-state index in [0.29, 0.717) is 0 Å². The minimum Gasteiger partial charge on any atom is -0.478 e. The average Bonchev–Trinajstić information content (AvgIpc) is 1.81. The van der Waals surface area contributed by atoms with Gasteiger partial charge in [-0.2, -0.15) is 0 Å². The highest BCUT2D eigenvalue weighted by atomic mass is 35.5. The van der Waals surface area contributed by atoms with E-state index in [0.717, 1.165) is 6.20 Å². The topological polar surface area (TPSA) is 49.7 Å². The van der Waals surface area contributed by atoms with E-state index in [1.807, 2.05) is 0 Å². The molecular formula is C6H6ClNO2. The molecule has 0 spiro atoms. The Kier molecular flexibility index (Phi) is 3.43. The van der Waals surface area contributed by atoms with E-state index in [1.54, 1.807) is 0 Å². The van der Waals surface area contributed by atoms with Gasteiger partial charge < -0.3 is 5.11 Å². The maximum absolute atomic E-state index is 10.2. The van der Waals surface area contributed by atoms with Crippen molar-refractivity contribution in [2.75, 3.05) is 0 Å². The number of nitrogens with zero attached hydrogens (tertiary/aromatic N) is 1. The van der Waals surface area contributed by atoms with Gasteiger partial charge in [-0.3, -0.25) is 4.99 Å². The molecule has 0 aromatic carbocycles. The van der Waals surface area contributed by atoms with Crippen molar-refractivity contribution in [3.63, 3.8) is 0 Å². The lowest BCUT2D eigenvalue weighted by molar-refractivity contribution is -0.132. The molecule has 0 aliphatic heterocycles. The number of carboxylic acids is 1. The highest BCUT2D eigenvalue weighted by Crippen LogP contribution is 2.11. The van der Waals surface area contributed by atoms with Crippen LogP contribution in [0.5, 0.6) is 0 Å². The van der Waals surface area contributed by atoms with Crippen LogP contribution < -0.4 is 0 Å². The minimum absolute atomic E-state index is 0.0556. The molecule has 54 valence electrons. The molecule has 0 saturated carbocycles. The van der Waals surface area contributed by atoms with E-state index < -0.39 is 5.97 Å². The molecule has 0 unspecified atom stereocenters. The number of rotatable bonds is 3. The number of hydrogen-bond acceptors (Lipinski definition) is 2. The largest absolute Gasteiger partial charge is 0.478 e. The van der Waals surface area contributed by atoms with Crippen molar-refractivity contribution in [3.8, 4) is 0 Å². The maximum Gasteiger partial charge on any atom is 0.338 e. The zero-order valence-electron chi connectivity index (χ0n) is 5.17. The predicted octanol–water partition coefficient (Wildman–Crippen LogP) is 1.41. The molecule has 0 saturated heterocycles. The summed E-state index contributed by atoms with van der Waals surface area (Å²) in [6.07, 6.45) is 1.04. The maximum atomic E-state index is 10.2. The van der Waals surface area contributed by atoms with Gasteiger partial charge >= 0.3 is 5.97 Å². The van der Waals surface area contributed by atoms with E-state index in [-0.39, 0.29) is 10.6 Å². The minimum atomic E-state index is -1.16. The third kappa shape index (κ3) is 2.46. The van der Waals surface area contributed by atoms with Gasteiger partial charge in [0.25, 0.3) is 0 Å². The van der Waals surface area contributed by atoms with Gasteiger partial charge in [0.2, 0.25) is 0 Å². The Morgan fingerprint density at radius 2 is 2.20 bits per heavy atom. The first kappa shape index (κ1) is 8.91. The first-order valence-corrected chi connectivity index (χ1v) is 2.71. The summed E-state index contributed by atoms with van der Waals surface area (Å²) < 4.78 is 0. The van der Waals surface area contributed by atoms with Crippen LogP contribution in [0.4, 0.5) is 0 Å². The van der Waals surface area contributed by atoms with Crippen molar-refractivity contribution in [1.29, 1.82) is 0 Å². The van der Waals surface area contributed by atoms with Crippen LogP contribution in [-0.4, -0.2) is 17.8 Å². The molecule has 0 aromatic heterocycles. The summed E-state index contributed by atoms with van der Waals surface area (Å²) in [5.74, 6) is -1.16. The van der Waals surface area contributed by atoms with Gasteiger partial charge in [-0.25, -0.2) is 4.79 Å². The van der Waals surface area contributed by atoms with Crippen LogP contribution in [0, 0.1) is 0 Å². The van der Waals surface area contributed by atoms with Gasteiger partial charge in [0.05, 0.1) is 5.57 Å². The van der Waals surface area contributed by atoms with Crippen molar-refractivity contribution >= 4 is 24.3 Å². The Balaban J connectivity index is 4.58. The molecule has 0 atom stereocenters. The molecule has 0 heterocycles. The molecule has 0 amide bonds. The fraction of sp³-hybridized carbons (Fsp3) is 0. The molecular weight excluding hydrogens is 154 g/mol. The Morgan fingerprint density at radius 1 is 1.70 bits per heavy atom. The summed E-state index contributed by atoms with van der Waals surface area (Å²) in [6, 6.07) is 0. The lowest BCUT2D eigenvalue weighted by atomic mass is 10.3. The van der Waals surface area contributed by atoms with Crippen LogP contribution in [0.2, 0.25) is 0 Å². The lowest BCUT2D eigenvalue weighted by Gasteiger charge is -1.93. The summed E-state index contributed by atoms with van der Waals surface area (Å²) in [4.78, 5) is 13.5. The highest BCUT2D eigenvalue weighted by Gasteiger charge is 2.07. The molecule has 0 aliphatic rings. The molecule has 0 radical (unpaired) electrons. The number of carbonyl (C=O) groups is 1. The van der Waals surface area contributed by atoms with Crippen LogP contribution in [0.25, 0.3) is 0 Å². The normalized spacial score (nSPS) is 10.7. The third-order valence-corrected chi connectivity index (χ3v) is 0.947. The molecule has 0 rings (SSSR count). The van der Waals surface area contributed by atoms with Crippen molar-refractivity contribution in [1.82, 2.24) is 0 Å². The van der Waals surface area contributed by atoms with E-state index in [1.165, 1.54) is 0 Å². The molecule has 10 heavy (non-hydrogen) atoms. The number of carboxylic acid groups (broad SMARTS) is 1. The second-order valence-electron chi connectivity index (χ2n) is 1.44. The van der Waals surface area contributed by atoms with Crippen LogP contribution in [-0.2, 0) is 4.79 Å². The van der Waals surface area contributed by atoms with Gasteiger partial charge in [0.1, 0.15) is 0 Å². The second kappa shape index (κ2) is 3.85. The molecule has 4 heteroatoms. The highest BCUT2D eigenvalue weighted by molar-refractivity contribution is 6.34. The van der Waals surface area contributed by atoms with E-state index in [2.05, 4.69) is 18.3 Å². The van der Waals surface area contributed by atoms with Gasteiger partial charge in [0.15, 0.2) is 0 Å². The van der Waals surface area contributed by atoms with Gasteiger partial charge in [0, 0.05) is 11.2 Å². The first-order valence-electron chi connectivity index (χ1n) is 2.33. The van der Waals surface area contributed by atoms with Crippen LogP contribution >= 0.6 is 11.6 Å². The fourth-order valence-electron chi connectivity index (χ4n) is 0.333. The summed E-state index contributed by atoms with van der Waals surface area (Å²) in [7, 11) is 0. The number of halogens is 1. The van der Waals surface area contributed by atoms with Crippen molar-refractivity contribution in [3.05, 3.63) is 23.4 Å². The van der Waals surface area contributed by atoms with Gasteiger partial charge in [-0.05, 0) is 6.72 Å². The van der Waals surface area contributed by atoms with Crippen LogP contribution in [0.3, 0.4) is 0 Å². The Bertz CT molecular complexity index is 192. The Labute approximate surface area is 63.3 Å². The molecule has 1 N–H and O–H groups in total. The number of hydrogen-bond donors (Lipinski definition) is 1. The van der Waals surface area contributed by atoms with Crippen LogP contribution in [0.1, 0.15) is 0 Å². The molecule has 3 nitrogen and oxygen atoms in total. The van der Waals surface area contributed by atoms with Crippen molar-refractivity contribution in [2.45, 2.75) is 0 Å². The lowest BCUT2D eigenvalue weighted by Crippen LogP contribution is -1.99. The van der Waals surface area contributed by atoms with Gasteiger partial charge in [-0.1, -0.05) is 18.2 Å². The standard InChI is InChI=1S/C6H6ClNO2/c1-4(7)5(3-8-2)6(9)10/h3H,1-2H2,(H,9,10)/b5-3+. The van der Waals surface area contributed by atoms with E-state index in [4.69, 9.17) is 16.7 Å². The Morgan fingerprint density at radius 3 is 2.30 bits per heavy atom. The monoisotopic (exact) mass is 159 g/mol. The van der Waals surface area contributed by atoms with Crippen molar-refractivity contribution in [2.24, 2.45) is 4.99 Å². The second-order valence-corrected chi connectivity index (χ2v) is 1.89. The number of aliphatic imine (C=N–C) groups is 1. The zero-order valence-corrected chi connectivity index (χ0v) is 5.93. The van der Waals surface area contributed by atoms with Crippen LogP contribution in [0.15, 0.2) is 28.4 Å². The first-order chi connectivity index (χ1) is 4.59. The Hall–Kier alpha value is -1.09. The molecule has 0 bridgehead atoms. The van der Waals surface area contributed by atoms with Crippen molar-refractivity contribution < 1.29 is 9.90 Å². The zero-order chi connectivity index (χ0) is 8.15. The van der Waals surface area contributed by atoms with Gasteiger partial charge in [-0.15, -0.1) is 0 Å².